The van der Waals surface area contributed by atoms with Crippen molar-refractivity contribution >= 4 is 0 Å². The smallest absolute Gasteiger partial charge is 0.325 e. The zero-order valence-electron chi connectivity index (χ0n) is 5.87. The van der Waals surface area contributed by atoms with Crippen LogP contribution in [0.25, 0.3) is 0 Å². The van der Waals surface area contributed by atoms with Gasteiger partial charge in [-0.05, 0) is 6.92 Å². The number of nitrogens with two attached hydrogens (primary N) is 1. The summed E-state index contributed by atoms with van der Waals surface area (Å²) in [5, 5.41) is 0. The Labute approximate surface area is 58.7 Å². The van der Waals surface area contributed by atoms with E-state index in [0.29, 0.717) is 6.54 Å². The maximum Gasteiger partial charge on any atom is 0.325 e. The van der Waals surface area contributed by atoms with E-state index in [1.165, 1.54) is 0 Å². The van der Waals surface area contributed by atoms with Gasteiger partial charge in [0, 0.05) is 25.0 Å². The van der Waals surface area contributed by atoms with Crippen molar-refractivity contribution in [1.82, 2.24) is 9.55 Å². The van der Waals surface area contributed by atoms with E-state index in [4.69, 9.17) is 5.73 Å². The highest BCUT2D eigenvalue weighted by atomic mass is 16.1. The number of hydrogen-bond donors (Lipinski definition) is 2. The summed E-state index contributed by atoms with van der Waals surface area (Å²) in [6.45, 7) is 2.43. The third-order valence-corrected chi connectivity index (χ3v) is 1.21. The maximum atomic E-state index is 10.8. The molecule has 1 unspecified atom stereocenters. The largest absolute Gasteiger partial charge is 0.326 e. The average molecular weight is 141 g/mol. The minimum atomic E-state index is -0.0997. The molecule has 4 heteroatoms. The number of H-pyrrole nitrogens is 1. The lowest BCUT2D eigenvalue weighted by Crippen LogP contribution is -2.27. The molecule has 1 atom stereocenters. The van der Waals surface area contributed by atoms with E-state index < -0.39 is 0 Å². The summed E-state index contributed by atoms with van der Waals surface area (Å²) in [6, 6.07) is 0.0218. The molecule has 0 saturated heterocycles. The van der Waals surface area contributed by atoms with Gasteiger partial charge in [-0.1, -0.05) is 0 Å². The van der Waals surface area contributed by atoms with Crippen LogP contribution in [0.3, 0.4) is 0 Å². The molecule has 10 heavy (non-hydrogen) atoms. The first kappa shape index (κ1) is 7.08. The number of hydrogen-bond acceptors (Lipinski definition) is 2. The van der Waals surface area contributed by atoms with Crippen molar-refractivity contribution in [2.24, 2.45) is 5.73 Å². The molecule has 0 aromatic carbocycles. The van der Waals surface area contributed by atoms with Crippen LogP contribution in [-0.2, 0) is 6.54 Å². The first-order chi connectivity index (χ1) is 4.70. The molecular weight excluding hydrogens is 130 g/mol. The van der Waals surface area contributed by atoms with Gasteiger partial charge in [0.25, 0.3) is 0 Å². The molecule has 0 aliphatic heterocycles. The monoisotopic (exact) mass is 141 g/mol. The fourth-order valence-electron chi connectivity index (χ4n) is 0.803. The van der Waals surface area contributed by atoms with Crippen LogP contribution in [0.4, 0.5) is 0 Å². The molecule has 56 valence electrons. The fraction of sp³-hybridized carbons (Fsp3) is 0.500. The Morgan fingerprint density at radius 3 is 3.00 bits per heavy atom. The normalized spacial score (nSPS) is 13.4. The summed E-state index contributed by atoms with van der Waals surface area (Å²) in [5.74, 6) is 0. The van der Waals surface area contributed by atoms with Gasteiger partial charge in [0.05, 0.1) is 0 Å². The molecule has 1 aromatic rings. The van der Waals surface area contributed by atoms with Gasteiger partial charge in [0.15, 0.2) is 0 Å². The summed E-state index contributed by atoms with van der Waals surface area (Å²) >= 11 is 0. The van der Waals surface area contributed by atoms with E-state index >= 15 is 0 Å². The summed E-state index contributed by atoms with van der Waals surface area (Å²) in [4.78, 5) is 13.3. The second kappa shape index (κ2) is 2.70. The standard InChI is InChI=1S/C6H11N3O/c1-5(7)4-9-3-2-8-6(9)10/h2-3,5H,4,7H2,1H3,(H,8,10). The van der Waals surface area contributed by atoms with Crippen molar-refractivity contribution < 1.29 is 0 Å². The molecular formula is C6H11N3O. The van der Waals surface area contributed by atoms with Crippen molar-refractivity contribution in [2.75, 3.05) is 0 Å². The summed E-state index contributed by atoms with van der Waals surface area (Å²) in [5.41, 5.74) is 5.38. The quantitative estimate of drug-likeness (QED) is 0.584. The van der Waals surface area contributed by atoms with Gasteiger partial charge < -0.3 is 10.7 Å². The minimum Gasteiger partial charge on any atom is -0.326 e. The van der Waals surface area contributed by atoms with E-state index in [0.717, 1.165) is 0 Å². The maximum absolute atomic E-state index is 10.8. The second-order valence-electron chi connectivity index (χ2n) is 2.39. The lowest BCUT2D eigenvalue weighted by molar-refractivity contribution is 0.575. The Kier molecular flexibility index (Phi) is 1.91. The third kappa shape index (κ3) is 1.48. The molecule has 1 heterocycles. The highest BCUT2D eigenvalue weighted by Gasteiger charge is 1.97. The first-order valence-electron chi connectivity index (χ1n) is 3.19. The van der Waals surface area contributed by atoms with Crippen LogP contribution in [0.15, 0.2) is 17.2 Å². The third-order valence-electron chi connectivity index (χ3n) is 1.21. The molecule has 0 bridgehead atoms. The zero-order valence-corrected chi connectivity index (χ0v) is 5.87. The summed E-state index contributed by atoms with van der Waals surface area (Å²) < 4.78 is 1.55. The van der Waals surface area contributed by atoms with Crippen LogP contribution in [-0.4, -0.2) is 15.6 Å². The Hall–Kier alpha value is -1.03. The van der Waals surface area contributed by atoms with Crippen molar-refractivity contribution in [2.45, 2.75) is 19.5 Å². The van der Waals surface area contributed by atoms with Crippen LogP contribution in [0.5, 0.6) is 0 Å². The van der Waals surface area contributed by atoms with Crippen LogP contribution < -0.4 is 11.4 Å². The average Bonchev–Trinajstić information content (AvgIpc) is 2.15. The number of nitrogens with zero attached hydrogens (tertiary/aromatic N) is 1. The summed E-state index contributed by atoms with van der Waals surface area (Å²) in [6.07, 6.45) is 3.29. The molecule has 3 N–H and O–H groups in total. The molecule has 4 nitrogen and oxygen atoms in total. The molecule has 0 saturated carbocycles. The van der Waals surface area contributed by atoms with Crippen molar-refractivity contribution in [3.05, 3.63) is 22.9 Å². The first-order valence-corrected chi connectivity index (χ1v) is 3.19. The molecule has 0 radical (unpaired) electrons. The molecule has 0 aliphatic rings. The van der Waals surface area contributed by atoms with Crippen LogP contribution in [0.2, 0.25) is 0 Å². The van der Waals surface area contributed by atoms with E-state index in [9.17, 15) is 4.79 Å². The molecule has 1 aromatic heterocycles. The molecule has 1 rings (SSSR count). The number of aromatic nitrogens is 2. The van der Waals surface area contributed by atoms with Gasteiger partial charge in [-0.3, -0.25) is 4.57 Å². The van der Waals surface area contributed by atoms with E-state index in [1.54, 1.807) is 17.0 Å². The van der Waals surface area contributed by atoms with E-state index in [-0.39, 0.29) is 11.7 Å². The zero-order chi connectivity index (χ0) is 7.56. The lowest BCUT2D eigenvalue weighted by atomic mass is 10.4. The Balaban J connectivity index is 2.75. The Morgan fingerprint density at radius 2 is 2.60 bits per heavy atom. The Morgan fingerprint density at radius 1 is 1.90 bits per heavy atom. The van der Waals surface area contributed by atoms with Crippen molar-refractivity contribution in [3.63, 3.8) is 0 Å². The molecule has 0 aliphatic carbocycles. The van der Waals surface area contributed by atoms with Crippen LogP contribution >= 0.6 is 0 Å². The minimum absolute atomic E-state index is 0.0218. The van der Waals surface area contributed by atoms with Crippen LogP contribution in [0, 0.1) is 0 Å². The van der Waals surface area contributed by atoms with E-state index in [2.05, 4.69) is 4.98 Å². The highest BCUT2D eigenvalue weighted by molar-refractivity contribution is 4.76. The predicted molar refractivity (Wildman–Crippen MR) is 38.7 cm³/mol. The second-order valence-corrected chi connectivity index (χ2v) is 2.39. The predicted octanol–water partition coefficient (Wildman–Crippen LogP) is -0.476. The summed E-state index contributed by atoms with van der Waals surface area (Å²) in [7, 11) is 0. The van der Waals surface area contributed by atoms with Gasteiger partial charge in [0.1, 0.15) is 0 Å². The number of aromatic amines is 1. The number of nitrogens with one attached hydrogen (secondary N) is 1. The highest BCUT2D eigenvalue weighted by Crippen LogP contribution is 1.82. The fourth-order valence-corrected chi connectivity index (χ4v) is 0.803. The van der Waals surface area contributed by atoms with Gasteiger partial charge in [-0.2, -0.15) is 0 Å². The molecule has 0 spiro atoms. The van der Waals surface area contributed by atoms with Gasteiger partial charge in [-0.25, -0.2) is 4.79 Å². The van der Waals surface area contributed by atoms with Gasteiger partial charge in [-0.15, -0.1) is 0 Å². The Bertz CT molecular complexity index is 247. The van der Waals surface area contributed by atoms with Gasteiger partial charge in [0.2, 0.25) is 0 Å². The number of rotatable bonds is 2. The number of imidazole rings is 1. The van der Waals surface area contributed by atoms with Gasteiger partial charge >= 0.3 is 5.69 Å². The van der Waals surface area contributed by atoms with Crippen molar-refractivity contribution in [3.8, 4) is 0 Å². The van der Waals surface area contributed by atoms with Crippen LogP contribution in [0.1, 0.15) is 6.92 Å². The topological polar surface area (TPSA) is 63.8 Å². The molecule has 0 fully saturated rings. The SMILES string of the molecule is CC(N)Cn1cc[nH]c1=O. The van der Waals surface area contributed by atoms with Crippen molar-refractivity contribution in [1.29, 1.82) is 0 Å². The molecule has 0 amide bonds. The lowest BCUT2D eigenvalue weighted by Gasteiger charge is -2.02. The van der Waals surface area contributed by atoms with E-state index in [1.807, 2.05) is 6.92 Å².